The second kappa shape index (κ2) is 9.90. The summed E-state index contributed by atoms with van der Waals surface area (Å²) in [6, 6.07) is 21.1. The van der Waals surface area contributed by atoms with E-state index in [0.717, 1.165) is 28.2 Å². The second-order valence-electron chi connectivity index (χ2n) is 8.25. The zero-order valence-corrected chi connectivity index (χ0v) is 20.5. The lowest BCUT2D eigenvalue weighted by atomic mass is 10.1. The number of ether oxygens (including phenoxy) is 1. The van der Waals surface area contributed by atoms with Crippen LogP contribution in [-0.2, 0) is 16.0 Å². The molecule has 4 aromatic rings. The van der Waals surface area contributed by atoms with Gasteiger partial charge in [0, 0.05) is 28.1 Å². The molecule has 1 aromatic heterocycles. The first-order chi connectivity index (χ1) is 17.0. The zero-order chi connectivity index (χ0) is 24.4. The molecule has 5 rings (SSSR count). The molecule has 6 nitrogen and oxygen atoms in total. The van der Waals surface area contributed by atoms with Crippen LogP contribution in [0.25, 0.3) is 11.3 Å². The molecule has 2 amide bonds. The number of carbonyl (C=O) groups is 2. The molecule has 0 aliphatic carbocycles. The third kappa shape index (κ3) is 5.21. The summed E-state index contributed by atoms with van der Waals surface area (Å²) < 4.78 is 5.62. The molecule has 1 aliphatic heterocycles. The molecular formula is C27H22ClN3O3S. The van der Waals surface area contributed by atoms with Gasteiger partial charge in [0.25, 0.3) is 5.91 Å². The average molecular weight is 504 g/mol. The Morgan fingerprint density at radius 1 is 1.14 bits per heavy atom. The Kier molecular flexibility index (Phi) is 6.53. The Balaban J connectivity index is 1.37. The topological polar surface area (TPSA) is 71.5 Å². The van der Waals surface area contributed by atoms with Crippen LogP contribution in [0.1, 0.15) is 16.1 Å². The van der Waals surface area contributed by atoms with Crippen molar-refractivity contribution < 1.29 is 14.3 Å². The van der Waals surface area contributed by atoms with Crippen molar-refractivity contribution in [1.29, 1.82) is 0 Å². The Labute approximate surface area is 212 Å². The van der Waals surface area contributed by atoms with Gasteiger partial charge in [-0.2, -0.15) is 0 Å². The lowest BCUT2D eigenvalue weighted by Gasteiger charge is -2.29. The van der Waals surface area contributed by atoms with Gasteiger partial charge in [-0.05, 0) is 48.4 Å². The van der Waals surface area contributed by atoms with E-state index in [-0.39, 0.29) is 25.0 Å². The van der Waals surface area contributed by atoms with Gasteiger partial charge in [0.2, 0.25) is 5.91 Å². The van der Waals surface area contributed by atoms with Gasteiger partial charge in [-0.3, -0.25) is 14.5 Å². The number of aromatic nitrogens is 1. The number of rotatable bonds is 6. The van der Waals surface area contributed by atoms with Crippen LogP contribution >= 0.6 is 22.9 Å². The van der Waals surface area contributed by atoms with Crippen LogP contribution in [0.3, 0.4) is 0 Å². The predicted molar refractivity (Wildman–Crippen MR) is 139 cm³/mol. The van der Waals surface area contributed by atoms with E-state index >= 15 is 0 Å². The van der Waals surface area contributed by atoms with Crippen molar-refractivity contribution in [3.8, 4) is 17.0 Å². The third-order valence-electron chi connectivity index (χ3n) is 5.72. The maximum Gasteiger partial charge on any atom is 0.265 e. The quantitative estimate of drug-likeness (QED) is 0.365. The van der Waals surface area contributed by atoms with E-state index in [1.54, 1.807) is 23.5 Å². The maximum atomic E-state index is 12.8. The smallest absolute Gasteiger partial charge is 0.265 e. The molecule has 176 valence electrons. The molecule has 0 saturated heterocycles. The van der Waals surface area contributed by atoms with Crippen molar-refractivity contribution >= 4 is 46.1 Å². The molecule has 0 atom stereocenters. The number of benzene rings is 3. The Bertz CT molecular complexity index is 1400. The van der Waals surface area contributed by atoms with Crippen molar-refractivity contribution in [3.63, 3.8) is 0 Å². The van der Waals surface area contributed by atoms with Gasteiger partial charge in [0.15, 0.2) is 6.61 Å². The standard InChI is InChI=1S/C27H22ClN3O3S/c1-17-7-9-20(28)13-21(17)29-25(32)14-31-23-12-19(8-10-24(23)34-15-27(31)33)22-16-35-26(30-22)11-18-5-3-2-4-6-18/h2-10,12-13,16H,11,14-15H2,1H3,(H,29,32). The van der Waals surface area contributed by atoms with Crippen LogP contribution in [0.2, 0.25) is 5.02 Å². The Morgan fingerprint density at radius 3 is 2.80 bits per heavy atom. The molecule has 1 N–H and O–H groups in total. The minimum Gasteiger partial charge on any atom is -0.482 e. The van der Waals surface area contributed by atoms with Crippen LogP contribution in [0, 0.1) is 6.92 Å². The third-order valence-corrected chi connectivity index (χ3v) is 6.81. The van der Waals surface area contributed by atoms with E-state index in [1.165, 1.54) is 10.5 Å². The van der Waals surface area contributed by atoms with Crippen LogP contribution in [-0.4, -0.2) is 29.9 Å². The summed E-state index contributed by atoms with van der Waals surface area (Å²) in [5, 5.41) is 6.39. The first kappa shape index (κ1) is 23.1. The monoisotopic (exact) mass is 503 g/mol. The number of hydrogen-bond donors (Lipinski definition) is 1. The van der Waals surface area contributed by atoms with Gasteiger partial charge in [0.1, 0.15) is 12.3 Å². The zero-order valence-electron chi connectivity index (χ0n) is 19.0. The number of nitrogens with zero attached hydrogens (tertiary/aromatic N) is 2. The highest BCUT2D eigenvalue weighted by molar-refractivity contribution is 7.10. The van der Waals surface area contributed by atoms with Crippen molar-refractivity contribution in [2.24, 2.45) is 0 Å². The molecule has 0 bridgehead atoms. The number of carbonyl (C=O) groups excluding carboxylic acids is 2. The minimum atomic E-state index is -0.319. The fourth-order valence-electron chi connectivity index (χ4n) is 3.89. The average Bonchev–Trinajstić information content (AvgIpc) is 3.32. The van der Waals surface area contributed by atoms with E-state index in [0.29, 0.717) is 22.1 Å². The van der Waals surface area contributed by atoms with Gasteiger partial charge >= 0.3 is 0 Å². The number of fused-ring (bicyclic) bond motifs is 1. The largest absolute Gasteiger partial charge is 0.482 e. The first-order valence-electron chi connectivity index (χ1n) is 11.1. The van der Waals surface area contributed by atoms with Crippen LogP contribution in [0.4, 0.5) is 11.4 Å². The van der Waals surface area contributed by atoms with Crippen LogP contribution < -0.4 is 15.0 Å². The summed E-state index contributed by atoms with van der Waals surface area (Å²) >= 11 is 7.66. The number of amides is 2. The summed E-state index contributed by atoms with van der Waals surface area (Å²) in [6.45, 7) is 1.63. The minimum absolute atomic E-state index is 0.117. The molecule has 0 saturated carbocycles. The molecule has 0 radical (unpaired) electrons. The fraction of sp³-hybridized carbons (Fsp3) is 0.148. The molecule has 35 heavy (non-hydrogen) atoms. The van der Waals surface area contributed by atoms with Gasteiger partial charge in [-0.25, -0.2) is 4.98 Å². The summed E-state index contributed by atoms with van der Waals surface area (Å²) in [7, 11) is 0. The number of anilines is 2. The number of halogens is 1. The number of nitrogens with one attached hydrogen (secondary N) is 1. The summed E-state index contributed by atoms with van der Waals surface area (Å²) in [5.74, 6) is -0.0451. The van der Waals surface area contributed by atoms with Crippen molar-refractivity contribution in [1.82, 2.24) is 4.98 Å². The SMILES string of the molecule is Cc1ccc(Cl)cc1NC(=O)CN1C(=O)COc2ccc(-c3csc(Cc4ccccc4)n3)cc21. The second-order valence-corrected chi connectivity index (χ2v) is 9.63. The van der Waals surface area contributed by atoms with Gasteiger partial charge < -0.3 is 10.1 Å². The summed E-state index contributed by atoms with van der Waals surface area (Å²) in [6.07, 6.45) is 0.757. The van der Waals surface area contributed by atoms with E-state index < -0.39 is 0 Å². The van der Waals surface area contributed by atoms with Crippen molar-refractivity contribution in [2.75, 3.05) is 23.4 Å². The van der Waals surface area contributed by atoms with Crippen molar-refractivity contribution in [2.45, 2.75) is 13.3 Å². The maximum absolute atomic E-state index is 12.8. The molecule has 8 heteroatoms. The molecule has 3 aromatic carbocycles. The lowest BCUT2D eigenvalue weighted by molar-refractivity contribution is -0.123. The first-order valence-corrected chi connectivity index (χ1v) is 12.3. The van der Waals surface area contributed by atoms with Gasteiger partial charge in [-0.1, -0.05) is 48.0 Å². The van der Waals surface area contributed by atoms with Gasteiger partial charge in [0.05, 0.1) is 16.4 Å². The Morgan fingerprint density at radius 2 is 1.97 bits per heavy atom. The number of hydrogen-bond acceptors (Lipinski definition) is 5. The van der Waals surface area contributed by atoms with E-state index in [9.17, 15) is 9.59 Å². The Hall–Kier alpha value is -3.68. The van der Waals surface area contributed by atoms with Crippen LogP contribution in [0.15, 0.2) is 72.1 Å². The van der Waals surface area contributed by atoms with Gasteiger partial charge in [-0.15, -0.1) is 11.3 Å². The molecule has 0 spiro atoms. The lowest BCUT2D eigenvalue weighted by Crippen LogP contribution is -2.43. The molecule has 0 fully saturated rings. The fourth-order valence-corrected chi connectivity index (χ4v) is 4.90. The highest BCUT2D eigenvalue weighted by Crippen LogP contribution is 2.36. The highest BCUT2D eigenvalue weighted by atomic mass is 35.5. The number of thiazole rings is 1. The van der Waals surface area contributed by atoms with E-state index in [1.807, 2.05) is 54.8 Å². The number of aryl methyl sites for hydroxylation is 1. The highest BCUT2D eigenvalue weighted by Gasteiger charge is 2.28. The molecule has 2 heterocycles. The van der Waals surface area contributed by atoms with Crippen molar-refractivity contribution in [3.05, 3.63) is 93.3 Å². The molecule has 1 aliphatic rings. The molecular weight excluding hydrogens is 482 g/mol. The normalized spacial score (nSPS) is 12.7. The van der Waals surface area contributed by atoms with E-state index in [2.05, 4.69) is 17.4 Å². The summed E-state index contributed by atoms with van der Waals surface area (Å²) in [4.78, 5) is 31.8. The van der Waals surface area contributed by atoms with Crippen LogP contribution in [0.5, 0.6) is 5.75 Å². The van der Waals surface area contributed by atoms with E-state index in [4.69, 9.17) is 21.3 Å². The molecule has 0 unspecified atom stereocenters. The predicted octanol–water partition coefficient (Wildman–Crippen LogP) is 5.73. The summed E-state index contributed by atoms with van der Waals surface area (Å²) in [5.41, 5.74) is 4.92.